The number of hydrogen-bond donors (Lipinski definition) is 1. The summed E-state index contributed by atoms with van der Waals surface area (Å²) >= 11 is 12.5. The first-order chi connectivity index (χ1) is 21.1. The van der Waals surface area contributed by atoms with Crippen LogP contribution in [0.5, 0.6) is 0 Å². The van der Waals surface area contributed by atoms with E-state index in [0.29, 0.717) is 22.2 Å². The lowest BCUT2D eigenvalue weighted by Crippen LogP contribution is -2.51. The van der Waals surface area contributed by atoms with E-state index in [1.165, 1.54) is 17.0 Å². The first-order valence-corrected chi connectivity index (χ1v) is 16.9. The minimum Gasteiger partial charge on any atom is -0.354 e. The maximum absolute atomic E-state index is 13.9. The lowest BCUT2D eigenvalue weighted by Gasteiger charge is -2.32. The van der Waals surface area contributed by atoms with Gasteiger partial charge in [-0.05, 0) is 53.8 Å². The molecule has 0 aliphatic heterocycles. The molecule has 3 aromatic carbocycles. The minimum atomic E-state index is -4.66. The van der Waals surface area contributed by atoms with E-state index in [0.717, 1.165) is 34.3 Å². The summed E-state index contributed by atoms with van der Waals surface area (Å²) < 4.78 is 66.1. The Kier molecular flexibility index (Phi) is 12.7. The lowest BCUT2D eigenvalue weighted by atomic mass is 10.0. The number of amides is 2. The summed E-state index contributed by atoms with van der Waals surface area (Å²) in [6.07, 6.45) is -3.81. The van der Waals surface area contributed by atoms with E-state index in [4.69, 9.17) is 23.2 Å². The zero-order valence-corrected chi connectivity index (χ0v) is 27.5. The highest BCUT2D eigenvalue weighted by Crippen LogP contribution is 2.32. The number of halogens is 5. The van der Waals surface area contributed by atoms with E-state index >= 15 is 0 Å². The number of carbonyl (C=O) groups excluding carboxylic acids is 2. The maximum atomic E-state index is 13.9. The molecule has 0 unspecified atom stereocenters. The van der Waals surface area contributed by atoms with E-state index in [1.54, 1.807) is 12.1 Å². The molecule has 2 amide bonds. The van der Waals surface area contributed by atoms with Gasteiger partial charge in [0.1, 0.15) is 6.04 Å². The number of hydrogen-bond acceptors (Lipinski definition) is 4. The Morgan fingerprint density at radius 3 is 2.24 bits per heavy atom. The zero-order valence-electron chi connectivity index (χ0n) is 25.2. The average Bonchev–Trinajstić information content (AvgIpc) is 2.96. The third kappa shape index (κ3) is 10.9. The van der Waals surface area contributed by atoms with E-state index in [-0.39, 0.29) is 49.9 Å². The summed E-state index contributed by atoms with van der Waals surface area (Å²) in [7, 11) is -4.00. The van der Waals surface area contributed by atoms with Gasteiger partial charge >= 0.3 is 6.18 Å². The van der Waals surface area contributed by atoms with Gasteiger partial charge in [0.2, 0.25) is 21.8 Å². The van der Waals surface area contributed by atoms with Crippen LogP contribution in [0.2, 0.25) is 10.0 Å². The Labute approximate surface area is 272 Å². The van der Waals surface area contributed by atoms with Crippen LogP contribution in [0.4, 0.5) is 18.9 Å². The quantitative estimate of drug-likeness (QED) is 0.199. The van der Waals surface area contributed by atoms with Crippen molar-refractivity contribution in [1.82, 2.24) is 10.2 Å². The first-order valence-electron chi connectivity index (χ1n) is 14.3. The summed E-state index contributed by atoms with van der Waals surface area (Å²) in [6.45, 7) is 3.98. The molecule has 1 atom stereocenters. The smallest absolute Gasteiger partial charge is 0.354 e. The zero-order chi connectivity index (χ0) is 33.4. The molecule has 0 aliphatic carbocycles. The molecular weight excluding hydrogens is 650 g/mol. The summed E-state index contributed by atoms with van der Waals surface area (Å²) in [5.74, 6) is -0.675. The normalized spacial score (nSPS) is 12.6. The fraction of sp³-hybridized carbons (Fsp3) is 0.375. The largest absolute Gasteiger partial charge is 0.416 e. The standard InChI is InChI=1S/C32H36Cl2F3N3O4S/c1-22(2)20-38-31(42)29(17-23-9-5-4-6-10-23)39(21-24-14-15-26(33)19-28(24)34)30(41)13-8-16-40(45(3,43)44)27-12-7-11-25(18-27)32(35,36)37/h4-7,9-12,14-15,18-19,22,29H,8,13,16-17,20-21H2,1-3H3,(H,38,42)/t29-/m0/s1. The number of rotatable bonds is 14. The van der Waals surface area contributed by atoms with Gasteiger partial charge in [0.05, 0.1) is 17.5 Å². The molecule has 0 fully saturated rings. The van der Waals surface area contributed by atoms with E-state index in [2.05, 4.69) is 5.32 Å². The third-order valence-electron chi connectivity index (χ3n) is 6.93. The SMILES string of the molecule is CC(C)CNC(=O)[C@H](Cc1ccccc1)N(Cc1ccc(Cl)cc1Cl)C(=O)CCCN(c1cccc(C(F)(F)F)c1)S(C)(=O)=O. The Morgan fingerprint density at radius 2 is 1.64 bits per heavy atom. The first kappa shape index (κ1) is 36.2. The van der Waals surface area contributed by atoms with Crippen LogP contribution < -0.4 is 9.62 Å². The number of anilines is 1. The molecule has 45 heavy (non-hydrogen) atoms. The molecule has 0 heterocycles. The average molecular weight is 687 g/mol. The van der Waals surface area contributed by atoms with Crippen LogP contribution in [0, 0.1) is 5.92 Å². The lowest BCUT2D eigenvalue weighted by molar-refractivity contribution is -0.141. The van der Waals surface area contributed by atoms with Crippen molar-refractivity contribution in [2.24, 2.45) is 5.92 Å². The molecule has 0 aliphatic rings. The summed E-state index contributed by atoms with van der Waals surface area (Å²) in [5.41, 5.74) is 0.201. The molecule has 3 rings (SSSR count). The number of carbonyl (C=O) groups is 2. The third-order valence-corrected chi connectivity index (χ3v) is 8.71. The van der Waals surface area contributed by atoms with Crippen LogP contribution >= 0.6 is 23.2 Å². The molecule has 3 aromatic rings. The molecule has 1 N–H and O–H groups in total. The van der Waals surface area contributed by atoms with Gasteiger partial charge in [-0.2, -0.15) is 13.2 Å². The molecule has 0 saturated heterocycles. The van der Waals surface area contributed by atoms with Crippen molar-refractivity contribution in [1.29, 1.82) is 0 Å². The number of nitrogens with one attached hydrogen (secondary N) is 1. The van der Waals surface area contributed by atoms with Crippen molar-refractivity contribution >= 4 is 50.7 Å². The second-order valence-electron chi connectivity index (χ2n) is 11.1. The van der Waals surface area contributed by atoms with Crippen LogP contribution in [0.15, 0.2) is 72.8 Å². The second-order valence-corrected chi connectivity index (χ2v) is 13.8. The monoisotopic (exact) mass is 685 g/mol. The minimum absolute atomic E-state index is 0.0291. The van der Waals surface area contributed by atoms with Crippen LogP contribution in [-0.2, 0) is 38.8 Å². The second kappa shape index (κ2) is 15.8. The van der Waals surface area contributed by atoms with Gasteiger partial charge < -0.3 is 10.2 Å². The van der Waals surface area contributed by atoms with Crippen molar-refractivity contribution in [2.75, 3.05) is 23.7 Å². The van der Waals surface area contributed by atoms with E-state index in [9.17, 15) is 31.2 Å². The molecule has 0 saturated carbocycles. The van der Waals surface area contributed by atoms with Crippen molar-refractivity contribution in [3.63, 3.8) is 0 Å². The summed E-state index contributed by atoms with van der Waals surface area (Å²) in [6, 6.07) is 17.1. The topological polar surface area (TPSA) is 86.8 Å². The van der Waals surface area contributed by atoms with Crippen LogP contribution in [0.1, 0.15) is 43.4 Å². The highest BCUT2D eigenvalue weighted by Gasteiger charge is 2.33. The molecule has 0 radical (unpaired) electrons. The highest BCUT2D eigenvalue weighted by atomic mass is 35.5. The molecule has 0 aromatic heterocycles. The number of alkyl halides is 3. The number of benzene rings is 3. The van der Waals surface area contributed by atoms with Crippen molar-refractivity contribution in [2.45, 2.75) is 51.9 Å². The molecular formula is C32H36Cl2F3N3O4S. The molecule has 244 valence electrons. The summed E-state index contributed by atoms with van der Waals surface area (Å²) in [5, 5.41) is 3.61. The Morgan fingerprint density at radius 1 is 0.956 bits per heavy atom. The Balaban J connectivity index is 1.92. The highest BCUT2D eigenvalue weighted by molar-refractivity contribution is 7.92. The Hall–Kier alpha value is -3.28. The van der Waals surface area contributed by atoms with Gasteiger partial charge in [0, 0.05) is 42.5 Å². The molecule has 13 heteroatoms. The fourth-order valence-electron chi connectivity index (χ4n) is 4.65. The van der Waals surface area contributed by atoms with Gasteiger partial charge in [0.25, 0.3) is 0 Å². The number of sulfonamides is 1. The fourth-order valence-corrected chi connectivity index (χ4v) is 6.08. The van der Waals surface area contributed by atoms with Gasteiger partial charge in [0.15, 0.2) is 0 Å². The molecule has 0 bridgehead atoms. The van der Waals surface area contributed by atoms with Crippen molar-refractivity contribution in [3.8, 4) is 0 Å². The van der Waals surface area contributed by atoms with Gasteiger partial charge in [-0.25, -0.2) is 8.42 Å². The number of nitrogens with zero attached hydrogens (tertiary/aromatic N) is 2. The van der Waals surface area contributed by atoms with Crippen LogP contribution in [0.25, 0.3) is 0 Å². The van der Waals surface area contributed by atoms with Crippen molar-refractivity contribution < 1.29 is 31.2 Å². The molecule has 7 nitrogen and oxygen atoms in total. The predicted molar refractivity (Wildman–Crippen MR) is 172 cm³/mol. The van der Waals surface area contributed by atoms with E-state index < -0.39 is 33.7 Å². The van der Waals surface area contributed by atoms with Gasteiger partial charge in [-0.15, -0.1) is 0 Å². The van der Waals surface area contributed by atoms with Gasteiger partial charge in [-0.1, -0.05) is 79.5 Å². The Bertz CT molecular complexity index is 1570. The maximum Gasteiger partial charge on any atom is 0.416 e. The van der Waals surface area contributed by atoms with Crippen LogP contribution in [-0.4, -0.2) is 50.5 Å². The van der Waals surface area contributed by atoms with E-state index in [1.807, 2.05) is 44.2 Å². The molecule has 0 spiro atoms. The van der Waals surface area contributed by atoms with Gasteiger partial charge in [-0.3, -0.25) is 13.9 Å². The predicted octanol–water partition coefficient (Wildman–Crippen LogP) is 6.97. The van der Waals surface area contributed by atoms with Crippen molar-refractivity contribution in [3.05, 3.63) is 99.5 Å². The van der Waals surface area contributed by atoms with Crippen LogP contribution in [0.3, 0.4) is 0 Å². The summed E-state index contributed by atoms with van der Waals surface area (Å²) in [4.78, 5) is 28.9.